The topological polar surface area (TPSA) is 78.5 Å². The SMILES string of the molecule is CCOC(=O)c1c(C)n(-c2ccc(C)cc2)c2ccc(OC[C@H](O)Cn3cnc4ccccc43)cc12. The number of nitrogens with zero attached hydrogens (tertiary/aromatic N) is 3. The van der Waals surface area contributed by atoms with Crippen LogP contribution in [0.2, 0.25) is 0 Å². The maximum Gasteiger partial charge on any atom is 0.340 e. The van der Waals surface area contributed by atoms with Crippen molar-refractivity contribution in [2.24, 2.45) is 0 Å². The number of aromatic nitrogens is 3. The number of rotatable bonds is 8. The summed E-state index contributed by atoms with van der Waals surface area (Å²) >= 11 is 0. The standard InChI is InChI=1S/C29H29N3O4/c1-4-35-29(34)28-20(3)32(21-11-9-19(2)10-12-21)26-14-13-23(15-24(26)28)36-17-22(33)16-31-18-30-25-7-5-6-8-27(25)31/h5-15,18,22,33H,4,16-17H2,1-3H3/t22-/m1/s1. The van der Waals surface area contributed by atoms with Crippen LogP contribution in [0.4, 0.5) is 0 Å². The van der Waals surface area contributed by atoms with E-state index in [1.54, 1.807) is 13.3 Å². The third kappa shape index (κ3) is 4.45. The molecule has 0 radical (unpaired) electrons. The van der Waals surface area contributed by atoms with Gasteiger partial charge in [0.05, 0.1) is 41.6 Å². The molecule has 0 aliphatic heterocycles. The van der Waals surface area contributed by atoms with Crippen LogP contribution in [0.25, 0.3) is 27.6 Å². The highest BCUT2D eigenvalue weighted by atomic mass is 16.5. The highest BCUT2D eigenvalue weighted by Gasteiger charge is 2.22. The molecule has 36 heavy (non-hydrogen) atoms. The molecule has 5 rings (SSSR count). The molecule has 1 N–H and O–H groups in total. The molecule has 0 bridgehead atoms. The minimum absolute atomic E-state index is 0.102. The molecule has 5 aromatic rings. The number of fused-ring (bicyclic) bond motifs is 2. The molecule has 2 aromatic heterocycles. The molecule has 0 saturated heterocycles. The number of aliphatic hydroxyl groups is 1. The van der Waals surface area contributed by atoms with E-state index < -0.39 is 6.10 Å². The minimum Gasteiger partial charge on any atom is -0.491 e. The van der Waals surface area contributed by atoms with Gasteiger partial charge >= 0.3 is 5.97 Å². The van der Waals surface area contributed by atoms with Gasteiger partial charge in [-0.15, -0.1) is 0 Å². The Labute approximate surface area is 209 Å². The molecule has 184 valence electrons. The van der Waals surface area contributed by atoms with E-state index >= 15 is 0 Å². The first kappa shape index (κ1) is 23.6. The van der Waals surface area contributed by atoms with Crippen LogP contribution in [0.3, 0.4) is 0 Å². The molecule has 0 amide bonds. The summed E-state index contributed by atoms with van der Waals surface area (Å²) in [5.41, 5.74) is 6.18. The number of para-hydroxylation sites is 2. The molecular weight excluding hydrogens is 454 g/mol. The summed E-state index contributed by atoms with van der Waals surface area (Å²) < 4.78 is 15.3. The van der Waals surface area contributed by atoms with E-state index in [-0.39, 0.29) is 12.6 Å². The second-order valence-electron chi connectivity index (χ2n) is 8.88. The lowest BCUT2D eigenvalue weighted by molar-refractivity contribution is 0.0527. The number of ether oxygens (including phenoxy) is 2. The van der Waals surface area contributed by atoms with E-state index in [1.807, 2.05) is 85.1 Å². The molecule has 1 atom stereocenters. The Balaban J connectivity index is 1.43. The van der Waals surface area contributed by atoms with Crippen LogP contribution in [0.15, 0.2) is 73.1 Å². The van der Waals surface area contributed by atoms with E-state index in [0.717, 1.165) is 38.9 Å². The Morgan fingerprint density at radius 2 is 1.81 bits per heavy atom. The average molecular weight is 484 g/mol. The van der Waals surface area contributed by atoms with E-state index in [1.165, 1.54) is 0 Å². The van der Waals surface area contributed by atoms with Crippen LogP contribution in [0, 0.1) is 13.8 Å². The molecule has 0 fully saturated rings. The van der Waals surface area contributed by atoms with Gasteiger partial charge in [0.2, 0.25) is 0 Å². The van der Waals surface area contributed by atoms with E-state index in [4.69, 9.17) is 9.47 Å². The number of hydrogen-bond acceptors (Lipinski definition) is 5. The zero-order valence-electron chi connectivity index (χ0n) is 20.6. The Kier molecular flexibility index (Phi) is 6.48. The number of aryl methyl sites for hydroxylation is 1. The maximum absolute atomic E-state index is 12.9. The lowest BCUT2D eigenvalue weighted by Gasteiger charge is -2.14. The molecule has 0 spiro atoms. The van der Waals surface area contributed by atoms with Crippen molar-refractivity contribution >= 4 is 27.9 Å². The van der Waals surface area contributed by atoms with Crippen LogP contribution < -0.4 is 4.74 Å². The van der Waals surface area contributed by atoms with Gasteiger partial charge in [-0.2, -0.15) is 0 Å². The van der Waals surface area contributed by atoms with Crippen molar-refractivity contribution < 1.29 is 19.4 Å². The van der Waals surface area contributed by atoms with Crippen molar-refractivity contribution in [3.63, 3.8) is 0 Å². The Bertz CT molecular complexity index is 1530. The third-order valence-corrected chi connectivity index (χ3v) is 6.32. The monoisotopic (exact) mass is 483 g/mol. The van der Waals surface area contributed by atoms with Gasteiger partial charge in [0.25, 0.3) is 0 Å². The molecule has 0 saturated carbocycles. The maximum atomic E-state index is 12.9. The molecule has 7 nitrogen and oxygen atoms in total. The van der Waals surface area contributed by atoms with Gasteiger partial charge in [-0.05, 0) is 63.2 Å². The fourth-order valence-corrected chi connectivity index (χ4v) is 4.60. The molecule has 3 aromatic carbocycles. The highest BCUT2D eigenvalue weighted by molar-refractivity contribution is 6.07. The van der Waals surface area contributed by atoms with Gasteiger partial charge in [-0.25, -0.2) is 9.78 Å². The predicted octanol–water partition coefficient (Wildman–Crippen LogP) is 5.21. The second kappa shape index (κ2) is 9.87. The molecule has 2 heterocycles. The number of carbonyl (C=O) groups excluding carboxylic acids is 1. The van der Waals surface area contributed by atoms with Crippen LogP contribution in [-0.2, 0) is 11.3 Å². The summed E-state index contributed by atoms with van der Waals surface area (Å²) in [6, 6.07) is 21.6. The number of imidazole rings is 1. The Hall–Kier alpha value is -4.10. The lowest BCUT2D eigenvalue weighted by atomic mass is 10.1. The van der Waals surface area contributed by atoms with Crippen LogP contribution >= 0.6 is 0 Å². The number of aliphatic hydroxyl groups excluding tert-OH is 1. The summed E-state index contributed by atoms with van der Waals surface area (Å²) in [4.78, 5) is 17.3. The molecule has 0 aliphatic carbocycles. The van der Waals surface area contributed by atoms with Gasteiger partial charge in [-0.3, -0.25) is 0 Å². The van der Waals surface area contributed by atoms with Crippen LogP contribution in [-0.4, -0.2) is 44.5 Å². The predicted molar refractivity (Wildman–Crippen MR) is 140 cm³/mol. The normalized spacial score (nSPS) is 12.2. The summed E-state index contributed by atoms with van der Waals surface area (Å²) in [7, 11) is 0. The van der Waals surface area contributed by atoms with Gasteiger partial charge in [0, 0.05) is 16.8 Å². The fraction of sp³-hybridized carbons (Fsp3) is 0.241. The lowest BCUT2D eigenvalue weighted by Crippen LogP contribution is -2.23. The summed E-state index contributed by atoms with van der Waals surface area (Å²) in [5.74, 6) is 0.207. The number of carbonyl (C=O) groups is 1. The smallest absolute Gasteiger partial charge is 0.340 e. The van der Waals surface area contributed by atoms with Crippen LogP contribution in [0.1, 0.15) is 28.5 Å². The fourth-order valence-electron chi connectivity index (χ4n) is 4.60. The summed E-state index contributed by atoms with van der Waals surface area (Å²) in [6.07, 6.45) is 0.990. The van der Waals surface area contributed by atoms with E-state index in [2.05, 4.69) is 9.55 Å². The zero-order chi connectivity index (χ0) is 25.2. The first-order valence-corrected chi connectivity index (χ1v) is 12.1. The zero-order valence-corrected chi connectivity index (χ0v) is 20.6. The van der Waals surface area contributed by atoms with Crippen molar-refractivity contribution in [3.05, 3.63) is 89.9 Å². The molecule has 0 aliphatic rings. The van der Waals surface area contributed by atoms with Gasteiger partial charge < -0.3 is 23.7 Å². The Morgan fingerprint density at radius 3 is 2.58 bits per heavy atom. The molecule has 7 heteroatoms. The van der Waals surface area contributed by atoms with E-state index in [0.29, 0.717) is 24.5 Å². The number of hydrogen-bond donors (Lipinski definition) is 1. The second-order valence-corrected chi connectivity index (χ2v) is 8.88. The Morgan fingerprint density at radius 1 is 1.03 bits per heavy atom. The summed E-state index contributed by atoms with van der Waals surface area (Å²) in [5, 5.41) is 11.4. The van der Waals surface area contributed by atoms with Gasteiger partial charge in [-0.1, -0.05) is 29.8 Å². The van der Waals surface area contributed by atoms with E-state index in [9.17, 15) is 9.90 Å². The van der Waals surface area contributed by atoms with Crippen molar-refractivity contribution in [1.29, 1.82) is 0 Å². The van der Waals surface area contributed by atoms with Crippen molar-refractivity contribution in [2.75, 3.05) is 13.2 Å². The first-order chi connectivity index (χ1) is 17.5. The van der Waals surface area contributed by atoms with Crippen molar-refractivity contribution in [1.82, 2.24) is 14.1 Å². The summed E-state index contributed by atoms with van der Waals surface area (Å²) in [6.45, 7) is 6.52. The first-order valence-electron chi connectivity index (χ1n) is 12.1. The highest BCUT2D eigenvalue weighted by Crippen LogP contribution is 2.33. The van der Waals surface area contributed by atoms with Gasteiger partial charge in [0.15, 0.2) is 0 Å². The van der Waals surface area contributed by atoms with Crippen LogP contribution in [0.5, 0.6) is 5.75 Å². The van der Waals surface area contributed by atoms with Gasteiger partial charge in [0.1, 0.15) is 18.5 Å². The van der Waals surface area contributed by atoms with Crippen molar-refractivity contribution in [2.45, 2.75) is 33.4 Å². The largest absolute Gasteiger partial charge is 0.491 e. The number of benzene rings is 3. The molecule has 0 unspecified atom stereocenters. The minimum atomic E-state index is -0.735. The number of esters is 1. The average Bonchev–Trinajstić information content (AvgIpc) is 3.41. The quantitative estimate of drug-likeness (QED) is 0.307. The van der Waals surface area contributed by atoms with Crippen molar-refractivity contribution in [3.8, 4) is 11.4 Å². The molecular formula is C29H29N3O4. The third-order valence-electron chi connectivity index (χ3n) is 6.32.